The highest BCUT2D eigenvalue weighted by atomic mass is 32.3. The zero-order valence-corrected chi connectivity index (χ0v) is 14.2. The minimum Gasteiger partial charge on any atom is -0.493 e. The minimum absolute atomic E-state index is 0.0229. The summed E-state index contributed by atoms with van der Waals surface area (Å²) in [6.45, 7) is 1.57. The predicted molar refractivity (Wildman–Crippen MR) is 85.1 cm³/mol. The molecule has 1 aliphatic rings. The molecular weight excluding hydrogens is 340 g/mol. The van der Waals surface area contributed by atoms with Crippen molar-refractivity contribution in [2.24, 2.45) is 0 Å². The number of benzene rings is 1. The largest absolute Gasteiger partial charge is 0.493 e. The Hall–Kier alpha value is -2.04. The van der Waals surface area contributed by atoms with Crippen molar-refractivity contribution < 1.29 is 31.4 Å². The van der Waals surface area contributed by atoms with Crippen LogP contribution in [0.5, 0.6) is 17.2 Å². The fraction of sp³-hybridized carbons (Fsp3) is 0.500. The van der Waals surface area contributed by atoms with Gasteiger partial charge in [0.2, 0.25) is 5.75 Å². The van der Waals surface area contributed by atoms with Crippen LogP contribution >= 0.6 is 0 Å². The maximum absolute atomic E-state index is 12.4. The first-order valence-corrected chi connectivity index (χ1v) is 8.65. The van der Waals surface area contributed by atoms with E-state index in [-0.39, 0.29) is 28.9 Å². The lowest BCUT2D eigenvalue weighted by molar-refractivity contribution is 0.0930. The molecule has 1 heterocycles. The number of rotatable bonds is 6. The average Bonchev–Trinajstić information content (AvgIpc) is 2.53. The maximum atomic E-state index is 12.4. The molecule has 1 aliphatic heterocycles. The molecule has 1 amide bonds. The molecule has 24 heavy (non-hydrogen) atoms. The van der Waals surface area contributed by atoms with Crippen molar-refractivity contribution in [1.82, 2.24) is 10.6 Å². The summed E-state index contributed by atoms with van der Waals surface area (Å²) in [7, 11) is -2.17. The molecule has 134 valence electrons. The summed E-state index contributed by atoms with van der Waals surface area (Å²) >= 11 is 0. The molecule has 9 nitrogen and oxygen atoms in total. The van der Waals surface area contributed by atoms with E-state index in [4.69, 9.17) is 14.0 Å². The topological polar surface area (TPSA) is 123 Å². The fourth-order valence-corrected chi connectivity index (χ4v) is 2.83. The Kier molecular flexibility index (Phi) is 5.86. The van der Waals surface area contributed by atoms with Gasteiger partial charge in [-0.05, 0) is 31.5 Å². The van der Waals surface area contributed by atoms with Crippen LogP contribution in [0.3, 0.4) is 0 Å². The third-order valence-electron chi connectivity index (χ3n) is 3.53. The predicted octanol–water partition coefficient (Wildman–Crippen LogP) is 0.367. The highest BCUT2D eigenvalue weighted by molar-refractivity contribution is 7.81. The zero-order valence-electron chi connectivity index (χ0n) is 13.4. The second-order valence-corrected chi connectivity index (χ2v) is 6.26. The van der Waals surface area contributed by atoms with Crippen LogP contribution in [0.15, 0.2) is 12.1 Å². The van der Waals surface area contributed by atoms with Crippen LogP contribution in [-0.4, -0.2) is 52.2 Å². The first-order chi connectivity index (χ1) is 11.3. The van der Waals surface area contributed by atoms with Gasteiger partial charge >= 0.3 is 10.4 Å². The SMILES string of the molecule is COc1cc(C(=O)NC2CCCNC2)cc(OS(=O)(=O)O)c1OC. The molecule has 1 unspecified atom stereocenters. The monoisotopic (exact) mass is 360 g/mol. The van der Waals surface area contributed by atoms with E-state index >= 15 is 0 Å². The Balaban J connectivity index is 2.31. The molecule has 1 fully saturated rings. The number of ether oxygens (including phenoxy) is 2. The summed E-state index contributed by atoms with van der Waals surface area (Å²) in [6, 6.07) is 2.55. The van der Waals surface area contributed by atoms with Gasteiger partial charge in [-0.2, -0.15) is 8.42 Å². The van der Waals surface area contributed by atoms with Gasteiger partial charge in [-0.15, -0.1) is 0 Å². The zero-order chi connectivity index (χ0) is 17.7. The number of hydrogen-bond acceptors (Lipinski definition) is 7. The third kappa shape index (κ3) is 4.73. The Morgan fingerprint density at radius 2 is 2.00 bits per heavy atom. The smallest absolute Gasteiger partial charge is 0.446 e. The number of amides is 1. The Bertz CT molecular complexity index is 699. The van der Waals surface area contributed by atoms with E-state index in [0.717, 1.165) is 19.4 Å². The lowest BCUT2D eigenvalue weighted by atomic mass is 10.1. The van der Waals surface area contributed by atoms with Crippen molar-refractivity contribution in [1.29, 1.82) is 0 Å². The third-order valence-corrected chi connectivity index (χ3v) is 3.92. The standard InChI is InChI=1S/C14H20N2O7S/c1-21-11-6-9(14(17)16-10-4-3-5-15-8-10)7-12(13(11)22-2)23-24(18,19)20/h6-7,10,15H,3-5,8H2,1-2H3,(H,16,17)(H,18,19,20). The molecule has 3 N–H and O–H groups in total. The number of carbonyl (C=O) groups excluding carboxylic acids is 1. The van der Waals surface area contributed by atoms with Crippen LogP contribution in [0.2, 0.25) is 0 Å². The van der Waals surface area contributed by atoms with Crippen LogP contribution in [-0.2, 0) is 10.4 Å². The lowest BCUT2D eigenvalue weighted by Gasteiger charge is -2.24. The van der Waals surface area contributed by atoms with Gasteiger partial charge in [0.25, 0.3) is 5.91 Å². The van der Waals surface area contributed by atoms with E-state index < -0.39 is 16.3 Å². The fourth-order valence-electron chi connectivity index (χ4n) is 2.48. The summed E-state index contributed by atoms with van der Waals surface area (Å²) in [6.07, 6.45) is 1.80. The number of carbonyl (C=O) groups is 1. The molecule has 1 atom stereocenters. The Labute approximate surface area is 140 Å². The van der Waals surface area contributed by atoms with Gasteiger partial charge in [-0.3, -0.25) is 9.35 Å². The molecule has 0 aliphatic carbocycles. The van der Waals surface area contributed by atoms with E-state index in [1.165, 1.54) is 26.4 Å². The quantitative estimate of drug-likeness (QED) is 0.622. The maximum Gasteiger partial charge on any atom is 0.446 e. The van der Waals surface area contributed by atoms with Crippen LogP contribution in [0.1, 0.15) is 23.2 Å². The summed E-state index contributed by atoms with van der Waals surface area (Å²) in [4.78, 5) is 12.4. The molecule has 0 saturated carbocycles. The van der Waals surface area contributed by atoms with Crippen LogP contribution in [0.25, 0.3) is 0 Å². The molecule has 0 radical (unpaired) electrons. The second kappa shape index (κ2) is 7.69. The van der Waals surface area contributed by atoms with E-state index in [2.05, 4.69) is 14.8 Å². The molecule has 2 rings (SSSR count). The van der Waals surface area contributed by atoms with Gasteiger partial charge in [0.05, 0.1) is 14.2 Å². The molecule has 10 heteroatoms. The molecule has 0 aromatic heterocycles. The lowest BCUT2D eigenvalue weighted by Crippen LogP contribution is -2.45. The van der Waals surface area contributed by atoms with Gasteiger partial charge in [0.1, 0.15) is 0 Å². The molecule has 0 spiro atoms. The van der Waals surface area contributed by atoms with Crippen LogP contribution in [0, 0.1) is 0 Å². The van der Waals surface area contributed by atoms with Crippen molar-refractivity contribution >= 4 is 16.3 Å². The second-order valence-electron chi connectivity index (χ2n) is 5.24. The van der Waals surface area contributed by atoms with Crippen molar-refractivity contribution in [3.05, 3.63) is 17.7 Å². The Morgan fingerprint density at radius 3 is 2.54 bits per heavy atom. The molecule has 0 bridgehead atoms. The average molecular weight is 360 g/mol. The highest BCUT2D eigenvalue weighted by Gasteiger charge is 2.23. The van der Waals surface area contributed by atoms with Crippen LogP contribution < -0.4 is 24.3 Å². The molecule has 1 aromatic carbocycles. The summed E-state index contributed by atoms with van der Waals surface area (Å²) in [5.74, 6) is -0.701. The summed E-state index contributed by atoms with van der Waals surface area (Å²) < 4.78 is 45.5. The highest BCUT2D eigenvalue weighted by Crippen LogP contribution is 2.39. The number of nitrogens with one attached hydrogen (secondary N) is 2. The van der Waals surface area contributed by atoms with Gasteiger partial charge in [0, 0.05) is 18.2 Å². The van der Waals surface area contributed by atoms with E-state index in [9.17, 15) is 13.2 Å². The summed E-state index contributed by atoms with van der Waals surface area (Å²) in [5.41, 5.74) is 0.122. The van der Waals surface area contributed by atoms with Crippen molar-refractivity contribution in [2.75, 3.05) is 27.3 Å². The normalized spacial score (nSPS) is 17.9. The molecular formula is C14H20N2O7S. The van der Waals surface area contributed by atoms with Crippen molar-refractivity contribution in [3.8, 4) is 17.2 Å². The summed E-state index contributed by atoms with van der Waals surface area (Å²) in [5, 5.41) is 6.03. The van der Waals surface area contributed by atoms with E-state index in [0.29, 0.717) is 6.54 Å². The number of hydrogen-bond donors (Lipinski definition) is 3. The van der Waals surface area contributed by atoms with Gasteiger partial charge in [-0.1, -0.05) is 0 Å². The van der Waals surface area contributed by atoms with Gasteiger partial charge in [-0.25, -0.2) is 0 Å². The number of piperidine rings is 1. The first kappa shape index (κ1) is 18.3. The van der Waals surface area contributed by atoms with Crippen LogP contribution in [0.4, 0.5) is 0 Å². The molecule has 1 aromatic rings. The van der Waals surface area contributed by atoms with E-state index in [1.54, 1.807) is 0 Å². The van der Waals surface area contributed by atoms with Gasteiger partial charge < -0.3 is 24.3 Å². The van der Waals surface area contributed by atoms with Crippen molar-refractivity contribution in [2.45, 2.75) is 18.9 Å². The first-order valence-electron chi connectivity index (χ1n) is 7.28. The Morgan fingerprint density at radius 1 is 1.29 bits per heavy atom. The minimum atomic E-state index is -4.78. The number of methoxy groups -OCH3 is 2. The molecule has 1 saturated heterocycles. The van der Waals surface area contributed by atoms with Gasteiger partial charge in [0.15, 0.2) is 11.5 Å². The van der Waals surface area contributed by atoms with E-state index in [1.807, 2.05) is 0 Å². The van der Waals surface area contributed by atoms with Crippen molar-refractivity contribution in [3.63, 3.8) is 0 Å².